The third-order valence-electron chi connectivity index (χ3n) is 3.06. The van der Waals surface area contributed by atoms with Gasteiger partial charge in [-0.05, 0) is 31.0 Å². The standard InChI is InChI=1S/C14H22N2O4S/c1-5-6-12-7-9-13(10-8-12)21(18,19)15-11(2)14(17)16(3)20-4/h7-11,15H,5-6H2,1-4H3. The molecule has 7 heteroatoms. The Balaban J connectivity index is 2.83. The maximum absolute atomic E-state index is 12.2. The molecular weight excluding hydrogens is 292 g/mol. The van der Waals surface area contributed by atoms with Gasteiger partial charge in [-0.3, -0.25) is 9.63 Å². The van der Waals surface area contributed by atoms with E-state index < -0.39 is 22.0 Å². The van der Waals surface area contributed by atoms with Crippen molar-refractivity contribution < 1.29 is 18.0 Å². The highest BCUT2D eigenvalue weighted by Crippen LogP contribution is 2.12. The number of carbonyl (C=O) groups excluding carboxylic acids is 1. The lowest BCUT2D eigenvalue weighted by Gasteiger charge is -2.19. The van der Waals surface area contributed by atoms with Crippen LogP contribution < -0.4 is 4.72 Å². The Bertz CT molecular complexity index is 569. The molecule has 1 N–H and O–H groups in total. The molecule has 1 amide bonds. The fourth-order valence-electron chi connectivity index (χ4n) is 1.84. The molecule has 0 heterocycles. The first-order valence-electron chi connectivity index (χ1n) is 6.74. The highest BCUT2D eigenvalue weighted by atomic mass is 32.2. The number of benzene rings is 1. The number of rotatable bonds is 7. The van der Waals surface area contributed by atoms with E-state index in [4.69, 9.17) is 4.84 Å². The molecule has 0 saturated heterocycles. The summed E-state index contributed by atoms with van der Waals surface area (Å²) in [4.78, 5) is 16.7. The fraction of sp³-hybridized carbons (Fsp3) is 0.500. The summed E-state index contributed by atoms with van der Waals surface area (Å²) >= 11 is 0. The predicted octanol–water partition coefficient (Wildman–Crippen LogP) is 1.33. The van der Waals surface area contributed by atoms with Gasteiger partial charge in [-0.15, -0.1) is 0 Å². The summed E-state index contributed by atoms with van der Waals surface area (Å²) in [5, 5.41) is 0.984. The molecule has 21 heavy (non-hydrogen) atoms. The van der Waals surface area contributed by atoms with Crippen molar-refractivity contribution in [1.82, 2.24) is 9.79 Å². The van der Waals surface area contributed by atoms with Crippen LogP contribution in [-0.4, -0.2) is 39.6 Å². The molecule has 118 valence electrons. The average Bonchev–Trinajstić information content (AvgIpc) is 2.46. The highest BCUT2D eigenvalue weighted by molar-refractivity contribution is 7.89. The van der Waals surface area contributed by atoms with E-state index in [0.29, 0.717) is 0 Å². The zero-order chi connectivity index (χ0) is 16.0. The van der Waals surface area contributed by atoms with E-state index in [-0.39, 0.29) is 4.90 Å². The monoisotopic (exact) mass is 314 g/mol. The summed E-state index contributed by atoms with van der Waals surface area (Å²) in [6.45, 7) is 3.53. The normalized spacial score (nSPS) is 13.0. The number of sulfonamides is 1. The van der Waals surface area contributed by atoms with Crippen LogP contribution in [0.2, 0.25) is 0 Å². The summed E-state index contributed by atoms with van der Waals surface area (Å²) in [6.07, 6.45) is 1.90. The van der Waals surface area contributed by atoms with Gasteiger partial charge >= 0.3 is 0 Å². The van der Waals surface area contributed by atoms with Gasteiger partial charge in [-0.2, -0.15) is 4.72 Å². The van der Waals surface area contributed by atoms with Crippen molar-refractivity contribution in [3.05, 3.63) is 29.8 Å². The van der Waals surface area contributed by atoms with Crippen LogP contribution in [-0.2, 0) is 26.1 Å². The molecule has 1 aromatic rings. The van der Waals surface area contributed by atoms with Gasteiger partial charge in [0.15, 0.2) is 0 Å². The van der Waals surface area contributed by atoms with Gasteiger partial charge < -0.3 is 0 Å². The zero-order valence-corrected chi connectivity index (χ0v) is 13.6. The molecule has 0 saturated carbocycles. The lowest BCUT2D eigenvalue weighted by Crippen LogP contribution is -2.45. The molecule has 0 aliphatic heterocycles. The van der Waals surface area contributed by atoms with Gasteiger partial charge in [-0.1, -0.05) is 25.5 Å². The summed E-state index contributed by atoms with van der Waals surface area (Å²) in [6, 6.07) is 5.75. The lowest BCUT2D eigenvalue weighted by atomic mass is 10.1. The van der Waals surface area contributed by atoms with Crippen LogP contribution in [0.5, 0.6) is 0 Å². The van der Waals surface area contributed by atoms with Crippen LogP contribution in [0.1, 0.15) is 25.8 Å². The van der Waals surface area contributed by atoms with Crippen LogP contribution in [0.15, 0.2) is 29.2 Å². The molecule has 1 atom stereocenters. The van der Waals surface area contributed by atoms with Gasteiger partial charge in [0.1, 0.15) is 6.04 Å². The first-order valence-corrected chi connectivity index (χ1v) is 8.23. The van der Waals surface area contributed by atoms with Gasteiger partial charge in [0, 0.05) is 7.05 Å². The molecule has 0 radical (unpaired) electrons. The van der Waals surface area contributed by atoms with Crippen LogP contribution in [0.4, 0.5) is 0 Å². The fourth-order valence-corrected chi connectivity index (χ4v) is 3.03. The maximum atomic E-state index is 12.2. The number of nitrogens with one attached hydrogen (secondary N) is 1. The number of nitrogens with zero attached hydrogens (tertiary/aromatic N) is 1. The van der Waals surface area contributed by atoms with Crippen molar-refractivity contribution >= 4 is 15.9 Å². The quantitative estimate of drug-likeness (QED) is 0.770. The minimum Gasteiger partial charge on any atom is -0.275 e. The Morgan fingerprint density at radius 2 is 1.90 bits per heavy atom. The maximum Gasteiger partial charge on any atom is 0.263 e. The number of hydroxylamine groups is 2. The number of hydrogen-bond acceptors (Lipinski definition) is 4. The van der Waals surface area contributed by atoms with Gasteiger partial charge in [-0.25, -0.2) is 13.5 Å². The van der Waals surface area contributed by atoms with E-state index in [2.05, 4.69) is 11.6 Å². The predicted molar refractivity (Wildman–Crippen MR) is 80.0 cm³/mol. The van der Waals surface area contributed by atoms with Crippen LogP contribution in [0.25, 0.3) is 0 Å². The number of amides is 1. The Morgan fingerprint density at radius 3 is 2.38 bits per heavy atom. The number of carbonyl (C=O) groups is 1. The molecule has 0 aliphatic carbocycles. The molecule has 0 fully saturated rings. The van der Waals surface area contributed by atoms with Gasteiger partial charge in [0.25, 0.3) is 5.91 Å². The Hall–Kier alpha value is -1.44. The average molecular weight is 314 g/mol. The third-order valence-corrected chi connectivity index (χ3v) is 4.62. The van der Waals surface area contributed by atoms with Crippen molar-refractivity contribution in [2.75, 3.05) is 14.2 Å². The molecule has 0 aromatic heterocycles. The van der Waals surface area contributed by atoms with E-state index in [9.17, 15) is 13.2 Å². The molecule has 0 aliphatic rings. The second-order valence-corrected chi connectivity index (χ2v) is 6.47. The molecule has 1 rings (SSSR count). The Labute approximate surface area is 126 Å². The van der Waals surface area contributed by atoms with Crippen molar-refractivity contribution in [3.63, 3.8) is 0 Å². The van der Waals surface area contributed by atoms with Crippen molar-refractivity contribution in [2.45, 2.75) is 37.6 Å². The molecule has 1 aromatic carbocycles. The highest BCUT2D eigenvalue weighted by Gasteiger charge is 2.24. The Kier molecular flexibility index (Phi) is 6.32. The van der Waals surface area contributed by atoms with E-state index in [1.54, 1.807) is 24.3 Å². The molecule has 1 unspecified atom stereocenters. The van der Waals surface area contributed by atoms with E-state index in [0.717, 1.165) is 23.5 Å². The summed E-state index contributed by atoms with van der Waals surface area (Å²) < 4.78 is 26.7. The first-order chi connectivity index (χ1) is 9.81. The molecular formula is C14H22N2O4S. The van der Waals surface area contributed by atoms with E-state index in [1.165, 1.54) is 21.1 Å². The summed E-state index contributed by atoms with van der Waals surface area (Å²) in [7, 11) is -0.969. The molecule has 6 nitrogen and oxygen atoms in total. The summed E-state index contributed by atoms with van der Waals surface area (Å²) in [5.74, 6) is -0.469. The second kappa shape index (κ2) is 7.53. The minimum absolute atomic E-state index is 0.141. The van der Waals surface area contributed by atoms with Crippen LogP contribution in [0.3, 0.4) is 0 Å². The number of likely N-dealkylation sites (N-methyl/N-ethyl adjacent to an activating group) is 1. The zero-order valence-electron chi connectivity index (χ0n) is 12.8. The van der Waals surface area contributed by atoms with E-state index in [1.807, 2.05) is 0 Å². The van der Waals surface area contributed by atoms with Crippen LogP contribution in [0, 0.1) is 0 Å². The van der Waals surface area contributed by atoms with Gasteiger partial charge in [0.05, 0.1) is 12.0 Å². The number of aryl methyl sites for hydroxylation is 1. The van der Waals surface area contributed by atoms with Crippen molar-refractivity contribution in [3.8, 4) is 0 Å². The third kappa shape index (κ3) is 4.80. The van der Waals surface area contributed by atoms with Crippen LogP contribution >= 0.6 is 0 Å². The van der Waals surface area contributed by atoms with Crippen molar-refractivity contribution in [2.24, 2.45) is 0 Å². The summed E-state index contributed by atoms with van der Waals surface area (Å²) in [5.41, 5.74) is 1.08. The lowest BCUT2D eigenvalue weighted by molar-refractivity contribution is -0.170. The van der Waals surface area contributed by atoms with Gasteiger partial charge in [0.2, 0.25) is 10.0 Å². The van der Waals surface area contributed by atoms with E-state index >= 15 is 0 Å². The molecule has 0 spiro atoms. The topological polar surface area (TPSA) is 75.7 Å². The largest absolute Gasteiger partial charge is 0.275 e. The smallest absolute Gasteiger partial charge is 0.263 e. The number of hydrogen-bond donors (Lipinski definition) is 1. The Morgan fingerprint density at radius 1 is 1.33 bits per heavy atom. The molecule has 0 bridgehead atoms. The first kappa shape index (κ1) is 17.6. The van der Waals surface area contributed by atoms with Crippen molar-refractivity contribution in [1.29, 1.82) is 0 Å². The second-order valence-electron chi connectivity index (χ2n) is 4.76. The SMILES string of the molecule is CCCc1ccc(S(=O)(=O)NC(C)C(=O)N(C)OC)cc1. The minimum atomic E-state index is -3.73.